The number of fused-ring (bicyclic) bond motifs is 2. The first-order valence-corrected chi connectivity index (χ1v) is 14.2. The lowest BCUT2D eigenvalue weighted by molar-refractivity contribution is -0.131. The first kappa shape index (κ1) is 26.0. The molecule has 2 heterocycles. The van der Waals surface area contributed by atoms with Gasteiger partial charge in [-0.3, -0.25) is 9.69 Å². The number of aromatic amines is 1. The first-order valence-electron chi connectivity index (χ1n) is 12.8. The molecule has 3 aromatic carbocycles. The van der Waals surface area contributed by atoms with Gasteiger partial charge in [-0.25, -0.2) is 13.1 Å². The second-order valence-corrected chi connectivity index (χ2v) is 11.9. The number of carbonyl (C=O) groups is 1. The molecule has 1 aromatic heterocycles. The molecule has 38 heavy (non-hydrogen) atoms. The molecule has 1 amide bonds. The summed E-state index contributed by atoms with van der Waals surface area (Å²) in [7, 11) is -4.12. The molecule has 0 radical (unpaired) electrons. The third kappa shape index (κ3) is 4.37. The Balaban J connectivity index is 1.56. The van der Waals surface area contributed by atoms with E-state index in [1.54, 1.807) is 25.3 Å². The van der Waals surface area contributed by atoms with Gasteiger partial charge in [-0.2, -0.15) is 0 Å². The van der Waals surface area contributed by atoms with Gasteiger partial charge in [0.05, 0.1) is 11.5 Å². The number of benzene rings is 3. The number of hydrogen-bond donors (Lipinski definition) is 2. The van der Waals surface area contributed by atoms with Gasteiger partial charge < -0.3 is 9.72 Å². The number of H-pyrrole nitrogens is 1. The third-order valence-electron chi connectivity index (χ3n) is 7.63. The van der Waals surface area contributed by atoms with E-state index in [-0.39, 0.29) is 4.90 Å². The Morgan fingerprint density at radius 1 is 1.08 bits per heavy atom. The van der Waals surface area contributed by atoms with E-state index in [0.717, 1.165) is 33.2 Å². The number of sulfonamides is 1. The molecule has 4 aromatic rings. The molecular formula is C30H33N3O4S. The van der Waals surface area contributed by atoms with Crippen LogP contribution < -0.4 is 9.46 Å². The molecule has 0 saturated carbocycles. The molecule has 0 aliphatic carbocycles. The Kier molecular flexibility index (Phi) is 6.57. The average Bonchev–Trinajstić information content (AvgIpc) is 3.44. The molecule has 198 valence electrons. The van der Waals surface area contributed by atoms with Crippen molar-refractivity contribution in [1.29, 1.82) is 0 Å². The average molecular weight is 532 g/mol. The summed E-state index contributed by atoms with van der Waals surface area (Å²) in [6.07, 6.45) is 1.75. The van der Waals surface area contributed by atoms with Crippen molar-refractivity contribution in [2.45, 2.75) is 58.1 Å². The molecule has 1 aliphatic rings. The SMILES string of the molecule is CCOc1cccc2c1CN(Cc1c(C)cc(C)cc1C)C2(C)C(=O)NS(=O)(=O)c1ccc2cc[nH]c2c1. The Labute approximate surface area is 223 Å². The zero-order valence-corrected chi connectivity index (χ0v) is 23.2. The second kappa shape index (κ2) is 9.60. The number of amides is 1. The molecule has 0 spiro atoms. The van der Waals surface area contributed by atoms with E-state index in [9.17, 15) is 13.2 Å². The molecule has 5 rings (SSSR count). The van der Waals surface area contributed by atoms with Crippen molar-refractivity contribution in [2.75, 3.05) is 6.61 Å². The second-order valence-electron chi connectivity index (χ2n) is 10.2. The van der Waals surface area contributed by atoms with Gasteiger partial charge in [0.1, 0.15) is 11.3 Å². The normalized spacial score (nSPS) is 17.5. The fourth-order valence-corrected chi connectivity index (χ4v) is 6.68. The summed E-state index contributed by atoms with van der Waals surface area (Å²) < 4.78 is 35.1. The summed E-state index contributed by atoms with van der Waals surface area (Å²) in [5.41, 5.74) is 5.67. The Hall–Kier alpha value is -3.62. The van der Waals surface area contributed by atoms with Crippen LogP contribution in [0.2, 0.25) is 0 Å². The van der Waals surface area contributed by atoms with Gasteiger partial charge in [-0.05, 0) is 86.5 Å². The predicted octanol–water partition coefficient (Wildman–Crippen LogP) is 5.23. The maximum absolute atomic E-state index is 14.0. The maximum atomic E-state index is 14.0. The van der Waals surface area contributed by atoms with Gasteiger partial charge in [-0.1, -0.05) is 35.9 Å². The molecule has 8 heteroatoms. The van der Waals surface area contributed by atoms with Crippen LogP contribution in [-0.4, -0.2) is 30.8 Å². The molecule has 7 nitrogen and oxygen atoms in total. The van der Waals surface area contributed by atoms with Crippen molar-refractivity contribution >= 4 is 26.8 Å². The van der Waals surface area contributed by atoms with Crippen molar-refractivity contribution < 1.29 is 17.9 Å². The van der Waals surface area contributed by atoms with Crippen molar-refractivity contribution in [3.05, 3.63) is 94.2 Å². The van der Waals surface area contributed by atoms with Crippen LogP contribution in [0.4, 0.5) is 0 Å². The highest BCUT2D eigenvalue weighted by molar-refractivity contribution is 7.90. The number of nitrogens with one attached hydrogen (secondary N) is 2. The standard InChI is InChI=1S/C30H33N3O4S/c1-6-37-28-9-7-8-26-25(28)18-33(17-24-20(3)14-19(2)15-21(24)4)30(26,5)29(34)32-38(35,36)23-11-10-22-12-13-31-27(22)16-23/h7-16,31H,6,17-18H2,1-5H3,(H,32,34). The van der Waals surface area contributed by atoms with E-state index in [1.807, 2.05) is 36.1 Å². The van der Waals surface area contributed by atoms with E-state index in [2.05, 4.69) is 42.6 Å². The third-order valence-corrected chi connectivity index (χ3v) is 8.96. The zero-order chi connectivity index (χ0) is 27.2. The molecule has 0 saturated heterocycles. The number of nitrogens with zero attached hydrogens (tertiary/aromatic N) is 1. The number of rotatable bonds is 7. The monoisotopic (exact) mass is 531 g/mol. The summed E-state index contributed by atoms with van der Waals surface area (Å²) >= 11 is 0. The first-order chi connectivity index (χ1) is 18.0. The van der Waals surface area contributed by atoms with E-state index < -0.39 is 21.5 Å². The number of carbonyl (C=O) groups excluding carboxylic acids is 1. The van der Waals surface area contributed by atoms with Crippen LogP contribution in [0.1, 0.15) is 47.2 Å². The van der Waals surface area contributed by atoms with Crippen molar-refractivity contribution in [3.63, 3.8) is 0 Å². The lowest BCUT2D eigenvalue weighted by atomic mass is 9.89. The molecule has 1 aliphatic heterocycles. The number of aryl methyl sites for hydroxylation is 3. The van der Waals surface area contributed by atoms with Gasteiger partial charge in [0.2, 0.25) is 0 Å². The number of hydrogen-bond acceptors (Lipinski definition) is 5. The van der Waals surface area contributed by atoms with Crippen LogP contribution in [0.25, 0.3) is 10.9 Å². The van der Waals surface area contributed by atoms with Crippen molar-refractivity contribution in [1.82, 2.24) is 14.6 Å². The fourth-order valence-electron chi connectivity index (χ4n) is 5.60. The largest absolute Gasteiger partial charge is 0.494 e. The quantitative estimate of drug-likeness (QED) is 0.341. The minimum absolute atomic E-state index is 0.0301. The van der Waals surface area contributed by atoms with Gasteiger partial charge >= 0.3 is 0 Å². The van der Waals surface area contributed by atoms with Gasteiger partial charge in [-0.15, -0.1) is 0 Å². The van der Waals surface area contributed by atoms with E-state index in [4.69, 9.17) is 4.74 Å². The summed E-state index contributed by atoms with van der Waals surface area (Å²) in [6, 6.07) is 16.6. The number of aromatic nitrogens is 1. The van der Waals surface area contributed by atoms with Crippen LogP contribution in [-0.2, 0) is 33.4 Å². The van der Waals surface area contributed by atoms with E-state index in [1.165, 1.54) is 11.6 Å². The number of ether oxygens (including phenoxy) is 1. The molecule has 2 N–H and O–H groups in total. The van der Waals surface area contributed by atoms with Crippen LogP contribution >= 0.6 is 0 Å². The van der Waals surface area contributed by atoms with Crippen LogP contribution in [0.3, 0.4) is 0 Å². The van der Waals surface area contributed by atoms with Gasteiger partial charge in [0.25, 0.3) is 15.9 Å². The summed E-state index contributed by atoms with van der Waals surface area (Å²) in [4.78, 5) is 19.1. The van der Waals surface area contributed by atoms with Crippen molar-refractivity contribution in [3.8, 4) is 5.75 Å². The summed E-state index contributed by atoms with van der Waals surface area (Å²) in [5.74, 6) is 0.114. The summed E-state index contributed by atoms with van der Waals surface area (Å²) in [6.45, 7) is 11.4. The Morgan fingerprint density at radius 2 is 1.82 bits per heavy atom. The van der Waals surface area contributed by atoms with Crippen molar-refractivity contribution in [2.24, 2.45) is 0 Å². The maximum Gasteiger partial charge on any atom is 0.264 e. The molecule has 1 atom stereocenters. The molecule has 0 fully saturated rings. The Bertz CT molecular complexity index is 1630. The predicted molar refractivity (Wildman–Crippen MR) is 148 cm³/mol. The highest BCUT2D eigenvalue weighted by atomic mass is 32.2. The lowest BCUT2D eigenvalue weighted by Gasteiger charge is -2.35. The van der Waals surface area contributed by atoms with Crippen LogP contribution in [0, 0.1) is 20.8 Å². The van der Waals surface area contributed by atoms with E-state index >= 15 is 0 Å². The molecule has 1 unspecified atom stereocenters. The lowest BCUT2D eigenvalue weighted by Crippen LogP contribution is -2.52. The Morgan fingerprint density at radius 3 is 2.53 bits per heavy atom. The highest BCUT2D eigenvalue weighted by Gasteiger charge is 2.49. The minimum Gasteiger partial charge on any atom is -0.494 e. The summed E-state index contributed by atoms with van der Waals surface area (Å²) in [5, 5.41) is 0.894. The van der Waals surface area contributed by atoms with Crippen LogP contribution in [0.15, 0.2) is 65.7 Å². The highest BCUT2D eigenvalue weighted by Crippen LogP contribution is 2.44. The molecular weight excluding hydrogens is 498 g/mol. The van der Waals surface area contributed by atoms with Crippen LogP contribution in [0.5, 0.6) is 5.75 Å². The fraction of sp³-hybridized carbons (Fsp3) is 0.300. The molecule has 0 bridgehead atoms. The zero-order valence-electron chi connectivity index (χ0n) is 22.4. The van der Waals surface area contributed by atoms with Gasteiger partial charge in [0, 0.05) is 30.4 Å². The topological polar surface area (TPSA) is 91.5 Å². The smallest absolute Gasteiger partial charge is 0.264 e. The van der Waals surface area contributed by atoms with Gasteiger partial charge in [0.15, 0.2) is 0 Å². The van der Waals surface area contributed by atoms with E-state index in [0.29, 0.717) is 31.0 Å². The minimum atomic E-state index is -4.12.